The number of hydrogen-bond acceptors (Lipinski definition) is 2. The van der Waals surface area contributed by atoms with Gasteiger partial charge in [0, 0.05) is 0 Å². The van der Waals surface area contributed by atoms with E-state index in [0.29, 0.717) is 5.46 Å². The van der Waals surface area contributed by atoms with Crippen LogP contribution in [0.25, 0.3) is 0 Å². The standard InChI is InChI=1S/C14H21BO2.2C10H23N/c1-2-3-4-5-6-7-8-13-9-11-14(12-10-13)15(16)17;2*1-3-5-7-9-11-10-8-6-4-2/h9-12H,2-8H2,1H3;2*11H,3-10H2,1-2H3/q-2;;/p+2. The molecule has 0 amide bonds. The summed E-state index contributed by atoms with van der Waals surface area (Å²) in [6.45, 7) is 16.6. The number of benzene rings is 1. The van der Waals surface area contributed by atoms with Crippen LogP contribution in [0.4, 0.5) is 0 Å². The second-order valence-corrected chi connectivity index (χ2v) is 11.2. The van der Waals surface area contributed by atoms with Crippen LogP contribution in [0.5, 0.6) is 0 Å². The minimum Gasteiger partial charge on any atom is -0.889 e. The lowest BCUT2D eigenvalue weighted by Gasteiger charge is -2.26. The number of hydrogen-bond donors (Lipinski definition) is 2. The normalized spacial score (nSPS) is 10.4. The summed E-state index contributed by atoms with van der Waals surface area (Å²) in [6.07, 6.45) is 25.4. The molecule has 5 heteroatoms. The highest BCUT2D eigenvalue weighted by atomic mass is 16.4. The number of unbranched alkanes of at least 4 members (excludes halogenated alkanes) is 13. The number of quaternary nitrogens is 2. The zero-order valence-electron chi connectivity index (χ0n) is 27.1. The van der Waals surface area contributed by atoms with Gasteiger partial charge in [-0.1, -0.05) is 124 Å². The Bertz CT molecular complexity index is 521. The Morgan fingerprint density at radius 2 is 0.795 bits per heavy atom. The van der Waals surface area contributed by atoms with Crippen LogP contribution >= 0.6 is 0 Å². The fraction of sp³-hybridized carbons (Fsp3) is 0.824. The predicted molar refractivity (Wildman–Crippen MR) is 170 cm³/mol. The van der Waals surface area contributed by atoms with Gasteiger partial charge in [-0.15, -0.1) is 5.46 Å². The minimum atomic E-state index is -1.85. The SMILES string of the molecule is CCCCCCCCc1ccc(B([O-])[O-])cc1.CCCCC[NH2+]CCCCC.CCCCC[NH2+]CCCCC. The molecule has 0 aromatic heterocycles. The highest BCUT2D eigenvalue weighted by Crippen LogP contribution is 2.09. The topological polar surface area (TPSA) is 79.3 Å². The van der Waals surface area contributed by atoms with Crippen LogP contribution < -0.4 is 26.1 Å². The van der Waals surface area contributed by atoms with Gasteiger partial charge in [0.1, 0.15) is 0 Å². The first-order valence-corrected chi connectivity index (χ1v) is 17.1. The van der Waals surface area contributed by atoms with Gasteiger partial charge in [-0.05, 0) is 69.8 Å². The van der Waals surface area contributed by atoms with Gasteiger partial charge >= 0.3 is 0 Å². The van der Waals surface area contributed by atoms with E-state index in [4.69, 9.17) is 0 Å². The smallest absolute Gasteiger partial charge is 0.0755 e. The summed E-state index contributed by atoms with van der Waals surface area (Å²) in [5.41, 5.74) is 1.57. The molecule has 0 saturated carbocycles. The van der Waals surface area contributed by atoms with Gasteiger partial charge in [0.15, 0.2) is 0 Å². The zero-order valence-corrected chi connectivity index (χ0v) is 27.1. The average Bonchev–Trinajstić information content (AvgIpc) is 2.95. The Kier molecular flexibility index (Phi) is 36.3. The molecule has 230 valence electrons. The van der Waals surface area contributed by atoms with Crippen molar-refractivity contribution in [1.82, 2.24) is 0 Å². The summed E-state index contributed by atoms with van der Waals surface area (Å²) in [4.78, 5) is 0. The summed E-state index contributed by atoms with van der Waals surface area (Å²) in [5, 5.41) is 26.2. The second kappa shape index (κ2) is 35.2. The Labute approximate surface area is 245 Å². The third kappa shape index (κ3) is 33.2. The lowest BCUT2D eigenvalue weighted by Crippen LogP contribution is -2.84. The fourth-order valence-corrected chi connectivity index (χ4v) is 4.39. The van der Waals surface area contributed by atoms with Crippen molar-refractivity contribution in [2.75, 3.05) is 26.2 Å². The Morgan fingerprint density at radius 1 is 0.462 bits per heavy atom. The van der Waals surface area contributed by atoms with Gasteiger partial charge in [-0.25, -0.2) is 0 Å². The summed E-state index contributed by atoms with van der Waals surface area (Å²) < 4.78 is 0. The summed E-state index contributed by atoms with van der Waals surface area (Å²) in [6, 6.07) is 7.14. The summed E-state index contributed by atoms with van der Waals surface area (Å²) in [5.74, 6) is 0. The average molecular weight is 549 g/mol. The van der Waals surface area contributed by atoms with Crippen molar-refractivity contribution >= 4 is 12.6 Å². The van der Waals surface area contributed by atoms with E-state index in [1.165, 1.54) is 147 Å². The second-order valence-electron chi connectivity index (χ2n) is 11.2. The molecule has 0 saturated heterocycles. The van der Waals surface area contributed by atoms with E-state index in [0.717, 1.165) is 6.42 Å². The van der Waals surface area contributed by atoms with Crippen LogP contribution in [0.15, 0.2) is 24.3 Å². The maximum atomic E-state index is 10.6. The first kappa shape index (κ1) is 40.3. The lowest BCUT2D eigenvalue weighted by atomic mass is 9.80. The molecule has 0 spiro atoms. The molecule has 1 aromatic rings. The maximum Gasteiger partial charge on any atom is 0.0755 e. The quantitative estimate of drug-likeness (QED) is 0.143. The van der Waals surface area contributed by atoms with E-state index in [-0.39, 0.29) is 0 Å². The summed E-state index contributed by atoms with van der Waals surface area (Å²) >= 11 is 0. The molecular formula is C34H69BN2O2. The molecule has 39 heavy (non-hydrogen) atoms. The van der Waals surface area contributed by atoms with Gasteiger partial charge in [-0.2, -0.15) is 0 Å². The molecule has 0 aliphatic heterocycles. The molecule has 0 aliphatic rings. The van der Waals surface area contributed by atoms with E-state index in [1.54, 1.807) is 12.1 Å². The van der Waals surface area contributed by atoms with Crippen LogP contribution in [0.3, 0.4) is 0 Å². The molecule has 0 atom stereocenters. The minimum absolute atomic E-state index is 0.344. The highest BCUT2D eigenvalue weighted by molar-refractivity contribution is 6.55. The van der Waals surface area contributed by atoms with Crippen LogP contribution in [-0.2, 0) is 6.42 Å². The largest absolute Gasteiger partial charge is 0.889 e. The van der Waals surface area contributed by atoms with Crippen molar-refractivity contribution in [3.63, 3.8) is 0 Å². The molecule has 0 heterocycles. The Balaban J connectivity index is 0. The predicted octanol–water partition coefficient (Wildman–Crippen LogP) is 4.87. The van der Waals surface area contributed by atoms with Gasteiger partial charge in [-0.3, -0.25) is 0 Å². The molecule has 0 fully saturated rings. The van der Waals surface area contributed by atoms with E-state index in [2.05, 4.69) is 45.3 Å². The van der Waals surface area contributed by atoms with Crippen molar-refractivity contribution in [1.29, 1.82) is 0 Å². The van der Waals surface area contributed by atoms with E-state index < -0.39 is 7.12 Å². The van der Waals surface area contributed by atoms with Crippen LogP contribution in [0.1, 0.15) is 156 Å². The number of aryl methyl sites for hydroxylation is 1. The fourth-order valence-electron chi connectivity index (χ4n) is 4.39. The van der Waals surface area contributed by atoms with E-state index in [1.807, 2.05) is 12.1 Å². The molecular weight excluding hydrogens is 479 g/mol. The van der Waals surface area contributed by atoms with Crippen LogP contribution in [0, 0.1) is 0 Å². The van der Waals surface area contributed by atoms with E-state index >= 15 is 0 Å². The van der Waals surface area contributed by atoms with E-state index in [9.17, 15) is 10.0 Å². The lowest BCUT2D eigenvalue weighted by molar-refractivity contribution is -0.655. The number of nitrogens with two attached hydrogens (primary N) is 2. The monoisotopic (exact) mass is 549 g/mol. The molecule has 1 rings (SSSR count). The molecule has 1 aromatic carbocycles. The molecule has 0 unspecified atom stereocenters. The van der Waals surface area contributed by atoms with Crippen molar-refractivity contribution in [3.05, 3.63) is 29.8 Å². The van der Waals surface area contributed by atoms with Crippen molar-refractivity contribution in [2.45, 2.75) is 157 Å². The van der Waals surface area contributed by atoms with Gasteiger partial charge in [0.2, 0.25) is 0 Å². The third-order valence-electron chi connectivity index (χ3n) is 7.12. The zero-order chi connectivity index (χ0) is 29.2. The first-order valence-electron chi connectivity index (χ1n) is 17.1. The van der Waals surface area contributed by atoms with Gasteiger partial charge < -0.3 is 20.7 Å². The first-order chi connectivity index (χ1) is 19.1. The van der Waals surface area contributed by atoms with Crippen LogP contribution in [0.2, 0.25) is 0 Å². The molecule has 0 bridgehead atoms. The van der Waals surface area contributed by atoms with Crippen molar-refractivity contribution in [2.24, 2.45) is 0 Å². The maximum absolute atomic E-state index is 10.6. The van der Waals surface area contributed by atoms with Gasteiger partial charge in [0.25, 0.3) is 0 Å². The Hall–Kier alpha value is -0.875. The number of rotatable bonds is 24. The molecule has 0 radical (unpaired) electrons. The van der Waals surface area contributed by atoms with Gasteiger partial charge in [0.05, 0.1) is 26.2 Å². The third-order valence-corrected chi connectivity index (χ3v) is 7.12. The van der Waals surface area contributed by atoms with Crippen molar-refractivity contribution < 1.29 is 20.7 Å². The Morgan fingerprint density at radius 3 is 1.15 bits per heavy atom. The molecule has 4 N–H and O–H groups in total. The summed E-state index contributed by atoms with van der Waals surface area (Å²) in [7, 11) is -1.85. The highest BCUT2D eigenvalue weighted by Gasteiger charge is 1.95. The molecule has 0 aliphatic carbocycles. The molecule has 4 nitrogen and oxygen atoms in total. The van der Waals surface area contributed by atoms with Crippen molar-refractivity contribution in [3.8, 4) is 0 Å². The van der Waals surface area contributed by atoms with Crippen LogP contribution in [-0.4, -0.2) is 33.3 Å².